The molecule has 1 fully saturated rings. The Morgan fingerprint density at radius 2 is 2.41 bits per heavy atom. The van der Waals surface area contributed by atoms with Crippen LogP contribution in [0.2, 0.25) is 0 Å². The molecule has 2 rings (SSSR count). The van der Waals surface area contributed by atoms with Crippen LogP contribution < -0.4 is 10.6 Å². The first-order chi connectivity index (χ1) is 8.17. The van der Waals surface area contributed by atoms with Gasteiger partial charge in [-0.1, -0.05) is 6.92 Å². The van der Waals surface area contributed by atoms with E-state index in [4.69, 9.17) is 0 Å². The average molecular weight is 236 g/mol. The summed E-state index contributed by atoms with van der Waals surface area (Å²) >= 11 is 0. The molecule has 94 valence electrons. The Morgan fingerprint density at radius 3 is 3.06 bits per heavy atom. The summed E-state index contributed by atoms with van der Waals surface area (Å²) in [5.74, 6) is 0.0469. The molecule has 1 aromatic rings. The van der Waals surface area contributed by atoms with Gasteiger partial charge in [0.05, 0.1) is 11.9 Å². The highest BCUT2D eigenvalue weighted by atomic mass is 16.2. The third-order valence-electron chi connectivity index (χ3n) is 2.91. The van der Waals surface area contributed by atoms with Gasteiger partial charge >= 0.3 is 0 Å². The zero-order chi connectivity index (χ0) is 12.3. The van der Waals surface area contributed by atoms with E-state index in [1.54, 1.807) is 10.9 Å². The van der Waals surface area contributed by atoms with E-state index in [0.717, 1.165) is 24.9 Å². The molecule has 0 spiro atoms. The van der Waals surface area contributed by atoms with Gasteiger partial charge in [0.2, 0.25) is 5.91 Å². The van der Waals surface area contributed by atoms with Gasteiger partial charge in [0.1, 0.15) is 6.54 Å². The number of rotatable bonds is 6. The monoisotopic (exact) mass is 236 g/mol. The van der Waals surface area contributed by atoms with Crippen LogP contribution in [0.1, 0.15) is 33.1 Å². The summed E-state index contributed by atoms with van der Waals surface area (Å²) in [5.41, 5.74) is 0.971. The lowest BCUT2D eigenvalue weighted by molar-refractivity contribution is -0.122. The molecular formula is C12H20N4O. The molecule has 2 N–H and O–H groups in total. The van der Waals surface area contributed by atoms with Crippen molar-refractivity contribution in [3.05, 3.63) is 12.4 Å². The molecule has 17 heavy (non-hydrogen) atoms. The first kappa shape index (κ1) is 12.0. The Balaban J connectivity index is 1.82. The van der Waals surface area contributed by atoms with Crippen molar-refractivity contribution in [3.8, 4) is 0 Å². The molecule has 0 aromatic carbocycles. The maximum absolute atomic E-state index is 11.6. The van der Waals surface area contributed by atoms with Gasteiger partial charge < -0.3 is 10.6 Å². The largest absolute Gasteiger partial charge is 0.380 e. The number of amides is 1. The minimum absolute atomic E-state index is 0.0469. The zero-order valence-corrected chi connectivity index (χ0v) is 10.4. The molecule has 1 aromatic heterocycles. The second-order valence-electron chi connectivity index (χ2n) is 4.72. The normalized spacial score (nSPS) is 16.6. The van der Waals surface area contributed by atoms with E-state index in [2.05, 4.69) is 29.6 Å². The average Bonchev–Trinajstić information content (AvgIpc) is 2.99. The minimum Gasteiger partial charge on any atom is -0.380 e. The Morgan fingerprint density at radius 1 is 1.65 bits per heavy atom. The van der Waals surface area contributed by atoms with Gasteiger partial charge in [-0.25, -0.2) is 0 Å². The summed E-state index contributed by atoms with van der Waals surface area (Å²) in [5, 5.41) is 10.4. The summed E-state index contributed by atoms with van der Waals surface area (Å²) in [6.07, 6.45) is 6.93. The van der Waals surface area contributed by atoms with Crippen LogP contribution in [0.3, 0.4) is 0 Å². The molecule has 1 atom stereocenters. The highest BCUT2D eigenvalue weighted by Crippen LogP contribution is 2.18. The van der Waals surface area contributed by atoms with Crippen molar-refractivity contribution in [2.24, 2.45) is 0 Å². The standard InChI is InChI=1S/C12H20N4O/c1-3-9(2)14-11-6-13-16(7-11)8-12(17)15-10-4-5-10/h6-7,9-10,14H,3-5,8H2,1-2H3,(H,15,17). The van der Waals surface area contributed by atoms with Gasteiger partial charge in [0.15, 0.2) is 0 Å². The van der Waals surface area contributed by atoms with E-state index in [1.165, 1.54) is 0 Å². The van der Waals surface area contributed by atoms with Crippen LogP contribution in [0.15, 0.2) is 12.4 Å². The fraction of sp³-hybridized carbons (Fsp3) is 0.667. The van der Waals surface area contributed by atoms with Crippen molar-refractivity contribution >= 4 is 11.6 Å². The topological polar surface area (TPSA) is 59.0 Å². The molecule has 1 heterocycles. The Labute approximate surface area is 102 Å². The van der Waals surface area contributed by atoms with E-state index in [9.17, 15) is 4.79 Å². The van der Waals surface area contributed by atoms with Crippen LogP contribution in [-0.4, -0.2) is 27.8 Å². The highest BCUT2D eigenvalue weighted by molar-refractivity contribution is 5.76. The van der Waals surface area contributed by atoms with Crippen molar-refractivity contribution in [2.75, 3.05) is 5.32 Å². The summed E-state index contributed by atoms with van der Waals surface area (Å²) in [6.45, 7) is 4.56. The summed E-state index contributed by atoms with van der Waals surface area (Å²) in [4.78, 5) is 11.6. The number of hydrogen-bond acceptors (Lipinski definition) is 3. The molecule has 1 amide bonds. The van der Waals surface area contributed by atoms with Gasteiger partial charge in [-0.15, -0.1) is 0 Å². The van der Waals surface area contributed by atoms with E-state index in [0.29, 0.717) is 18.6 Å². The lowest BCUT2D eigenvalue weighted by Gasteiger charge is -2.09. The quantitative estimate of drug-likeness (QED) is 0.784. The maximum Gasteiger partial charge on any atom is 0.241 e. The number of hydrogen-bond donors (Lipinski definition) is 2. The molecule has 0 aliphatic heterocycles. The van der Waals surface area contributed by atoms with Crippen molar-refractivity contribution in [1.82, 2.24) is 15.1 Å². The lowest BCUT2D eigenvalue weighted by atomic mass is 10.2. The van der Waals surface area contributed by atoms with Gasteiger partial charge in [-0.05, 0) is 26.2 Å². The minimum atomic E-state index is 0.0469. The molecule has 5 heteroatoms. The highest BCUT2D eigenvalue weighted by Gasteiger charge is 2.23. The van der Waals surface area contributed by atoms with E-state index < -0.39 is 0 Å². The van der Waals surface area contributed by atoms with Gasteiger partial charge in [0.25, 0.3) is 0 Å². The second kappa shape index (κ2) is 5.21. The maximum atomic E-state index is 11.6. The summed E-state index contributed by atoms with van der Waals surface area (Å²) < 4.78 is 1.67. The number of nitrogens with zero attached hydrogens (tertiary/aromatic N) is 2. The van der Waals surface area contributed by atoms with Crippen LogP contribution in [0.4, 0.5) is 5.69 Å². The van der Waals surface area contributed by atoms with Crippen LogP contribution in [0.5, 0.6) is 0 Å². The van der Waals surface area contributed by atoms with Crippen LogP contribution in [0, 0.1) is 0 Å². The third kappa shape index (κ3) is 3.76. The third-order valence-corrected chi connectivity index (χ3v) is 2.91. The number of anilines is 1. The van der Waals surface area contributed by atoms with Crippen molar-refractivity contribution in [1.29, 1.82) is 0 Å². The summed E-state index contributed by atoms with van der Waals surface area (Å²) in [6, 6.07) is 0.837. The fourth-order valence-electron chi connectivity index (χ4n) is 1.56. The molecule has 5 nitrogen and oxygen atoms in total. The molecule has 0 saturated heterocycles. The zero-order valence-electron chi connectivity index (χ0n) is 10.4. The van der Waals surface area contributed by atoms with Crippen LogP contribution in [-0.2, 0) is 11.3 Å². The summed E-state index contributed by atoms with van der Waals surface area (Å²) in [7, 11) is 0. The number of carbonyl (C=O) groups is 1. The van der Waals surface area contributed by atoms with Crippen LogP contribution in [0.25, 0.3) is 0 Å². The molecular weight excluding hydrogens is 216 g/mol. The van der Waals surface area contributed by atoms with Gasteiger partial charge in [-0.3, -0.25) is 9.48 Å². The van der Waals surface area contributed by atoms with Crippen molar-refractivity contribution < 1.29 is 4.79 Å². The van der Waals surface area contributed by atoms with E-state index >= 15 is 0 Å². The molecule has 1 aliphatic carbocycles. The SMILES string of the molecule is CCC(C)Nc1cnn(CC(=O)NC2CC2)c1. The van der Waals surface area contributed by atoms with Crippen LogP contribution >= 0.6 is 0 Å². The lowest BCUT2D eigenvalue weighted by Crippen LogP contribution is -2.29. The molecule has 1 unspecified atom stereocenters. The predicted octanol–water partition coefficient (Wildman–Crippen LogP) is 1.37. The Hall–Kier alpha value is -1.52. The molecule has 0 radical (unpaired) electrons. The van der Waals surface area contributed by atoms with Gasteiger partial charge in [-0.2, -0.15) is 5.10 Å². The fourth-order valence-corrected chi connectivity index (χ4v) is 1.56. The first-order valence-corrected chi connectivity index (χ1v) is 6.25. The molecule has 1 saturated carbocycles. The second-order valence-corrected chi connectivity index (χ2v) is 4.72. The first-order valence-electron chi connectivity index (χ1n) is 6.25. The predicted molar refractivity (Wildman–Crippen MR) is 66.8 cm³/mol. The molecule has 1 aliphatic rings. The molecule has 0 bridgehead atoms. The number of aromatic nitrogens is 2. The van der Waals surface area contributed by atoms with E-state index in [-0.39, 0.29) is 5.91 Å². The number of carbonyl (C=O) groups excluding carboxylic acids is 1. The number of nitrogens with one attached hydrogen (secondary N) is 2. The smallest absolute Gasteiger partial charge is 0.241 e. The van der Waals surface area contributed by atoms with Crippen molar-refractivity contribution in [3.63, 3.8) is 0 Å². The Bertz CT molecular complexity index is 384. The van der Waals surface area contributed by atoms with Gasteiger partial charge in [0, 0.05) is 18.3 Å². The van der Waals surface area contributed by atoms with Crippen molar-refractivity contribution in [2.45, 2.75) is 51.7 Å². The van der Waals surface area contributed by atoms with E-state index in [1.807, 2.05) is 6.20 Å². The Kier molecular flexibility index (Phi) is 3.66.